The molecule has 0 radical (unpaired) electrons. The van der Waals surface area contributed by atoms with Crippen molar-refractivity contribution in [1.29, 1.82) is 0 Å². The van der Waals surface area contributed by atoms with Crippen LogP contribution in [0.4, 0.5) is 14.6 Å². The number of hydrogen-bond acceptors (Lipinski definition) is 5. The summed E-state index contributed by atoms with van der Waals surface area (Å²) >= 11 is 0. The van der Waals surface area contributed by atoms with E-state index in [0.29, 0.717) is 31.6 Å². The van der Waals surface area contributed by atoms with Crippen molar-refractivity contribution in [3.05, 3.63) is 24.7 Å². The lowest BCUT2D eigenvalue weighted by Gasteiger charge is -2.37. The Labute approximate surface area is 150 Å². The molecule has 0 unspecified atom stereocenters. The molecule has 2 aliphatic rings. The molecule has 0 atom stereocenters. The molecular weight excluding hydrogens is 340 g/mol. The van der Waals surface area contributed by atoms with Crippen molar-refractivity contribution in [3.63, 3.8) is 0 Å². The Kier molecular flexibility index (Phi) is 4.42. The van der Waals surface area contributed by atoms with Crippen LogP contribution in [-0.4, -0.2) is 57.9 Å². The number of aromatic nitrogens is 3. The predicted molar refractivity (Wildman–Crippen MR) is 93.0 cm³/mol. The van der Waals surface area contributed by atoms with E-state index in [4.69, 9.17) is 0 Å². The molecule has 0 N–H and O–H groups in total. The van der Waals surface area contributed by atoms with Gasteiger partial charge in [0.1, 0.15) is 12.1 Å². The van der Waals surface area contributed by atoms with Gasteiger partial charge in [-0.2, -0.15) is 0 Å². The maximum absolute atomic E-state index is 13.3. The fourth-order valence-corrected chi connectivity index (χ4v) is 3.78. The zero-order valence-electron chi connectivity index (χ0n) is 14.4. The number of piperidine rings is 2. The Bertz CT molecular complexity index is 792. The zero-order chi connectivity index (χ0) is 18.1. The maximum atomic E-state index is 13.3. The van der Waals surface area contributed by atoms with Gasteiger partial charge in [0.25, 0.3) is 5.92 Å². The summed E-state index contributed by atoms with van der Waals surface area (Å²) < 4.78 is 26.6. The van der Waals surface area contributed by atoms with Gasteiger partial charge in [0.2, 0.25) is 5.91 Å². The molecule has 2 aromatic heterocycles. The highest BCUT2D eigenvalue weighted by Gasteiger charge is 2.38. The van der Waals surface area contributed by atoms with Crippen molar-refractivity contribution >= 4 is 22.8 Å². The first-order chi connectivity index (χ1) is 12.5. The fourth-order valence-electron chi connectivity index (χ4n) is 3.78. The normalized spacial score (nSPS) is 21.2. The number of amides is 1. The van der Waals surface area contributed by atoms with Crippen LogP contribution in [0.3, 0.4) is 0 Å². The second kappa shape index (κ2) is 6.74. The molecule has 0 saturated carbocycles. The lowest BCUT2D eigenvalue weighted by atomic mass is 9.94. The van der Waals surface area contributed by atoms with Crippen LogP contribution in [0.25, 0.3) is 11.0 Å². The smallest absolute Gasteiger partial charge is 0.251 e. The highest BCUT2D eigenvalue weighted by Crippen LogP contribution is 2.31. The van der Waals surface area contributed by atoms with Gasteiger partial charge in [0.05, 0.1) is 5.39 Å². The van der Waals surface area contributed by atoms with Gasteiger partial charge in [-0.1, -0.05) is 0 Å². The SMILES string of the molecule is O=C(C1CCN(c2ncnc3ncccc23)CC1)N1CCC(F)(F)CC1. The molecule has 1 amide bonds. The second-order valence-electron chi connectivity index (χ2n) is 7.01. The van der Waals surface area contributed by atoms with Crippen LogP contribution in [0.1, 0.15) is 25.7 Å². The molecule has 2 aromatic rings. The van der Waals surface area contributed by atoms with Crippen LogP contribution in [0.15, 0.2) is 24.7 Å². The molecule has 0 bridgehead atoms. The molecule has 0 spiro atoms. The van der Waals surface area contributed by atoms with Crippen molar-refractivity contribution in [3.8, 4) is 0 Å². The second-order valence-corrected chi connectivity index (χ2v) is 7.01. The lowest BCUT2D eigenvalue weighted by Crippen LogP contribution is -2.47. The Balaban J connectivity index is 1.40. The number of fused-ring (bicyclic) bond motifs is 1. The van der Waals surface area contributed by atoms with Crippen molar-refractivity contribution in [1.82, 2.24) is 19.9 Å². The molecule has 2 fully saturated rings. The molecule has 2 saturated heterocycles. The number of carbonyl (C=O) groups is 1. The van der Waals surface area contributed by atoms with E-state index < -0.39 is 5.92 Å². The van der Waals surface area contributed by atoms with Crippen LogP contribution < -0.4 is 4.90 Å². The van der Waals surface area contributed by atoms with E-state index in [1.807, 2.05) is 12.1 Å². The quantitative estimate of drug-likeness (QED) is 0.822. The molecule has 8 heteroatoms. The number of anilines is 1. The van der Waals surface area contributed by atoms with Gasteiger partial charge < -0.3 is 9.80 Å². The van der Waals surface area contributed by atoms with Crippen LogP contribution in [0, 0.1) is 5.92 Å². The van der Waals surface area contributed by atoms with Crippen molar-refractivity contribution in [2.24, 2.45) is 5.92 Å². The van der Waals surface area contributed by atoms with E-state index in [0.717, 1.165) is 11.2 Å². The molecule has 2 aliphatic heterocycles. The summed E-state index contributed by atoms with van der Waals surface area (Å²) in [5.41, 5.74) is 0.657. The van der Waals surface area contributed by atoms with Crippen molar-refractivity contribution in [2.75, 3.05) is 31.1 Å². The van der Waals surface area contributed by atoms with E-state index >= 15 is 0 Å². The van der Waals surface area contributed by atoms with Gasteiger partial charge in [-0.15, -0.1) is 0 Å². The third-order valence-electron chi connectivity index (χ3n) is 5.34. The fraction of sp³-hybridized carbons (Fsp3) is 0.556. The van der Waals surface area contributed by atoms with Gasteiger partial charge in [0, 0.05) is 51.1 Å². The summed E-state index contributed by atoms with van der Waals surface area (Å²) in [6.07, 6.45) is 4.17. The number of rotatable bonds is 2. The number of alkyl halides is 2. The summed E-state index contributed by atoms with van der Waals surface area (Å²) in [6.45, 7) is 1.74. The Morgan fingerprint density at radius 2 is 1.81 bits per heavy atom. The lowest BCUT2D eigenvalue weighted by molar-refractivity contribution is -0.142. The van der Waals surface area contributed by atoms with Crippen molar-refractivity contribution < 1.29 is 13.6 Å². The molecule has 4 rings (SSSR count). The van der Waals surface area contributed by atoms with E-state index in [9.17, 15) is 13.6 Å². The minimum atomic E-state index is -2.62. The Morgan fingerprint density at radius 1 is 1.08 bits per heavy atom. The average Bonchev–Trinajstić information content (AvgIpc) is 2.67. The topological polar surface area (TPSA) is 62.2 Å². The first-order valence-corrected chi connectivity index (χ1v) is 9.01. The summed E-state index contributed by atoms with van der Waals surface area (Å²) in [4.78, 5) is 29.2. The molecular formula is C18H21F2N5O. The summed E-state index contributed by atoms with van der Waals surface area (Å²) in [7, 11) is 0. The van der Waals surface area contributed by atoms with Crippen LogP contribution in [-0.2, 0) is 4.79 Å². The molecule has 0 aliphatic carbocycles. The highest BCUT2D eigenvalue weighted by molar-refractivity contribution is 5.86. The van der Waals surface area contributed by atoms with Gasteiger partial charge >= 0.3 is 0 Å². The third kappa shape index (κ3) is 3.32. The number of pyridine rings is 1. The van der Waals surface area contributed by atoms with E-state index in [-0.39, 0.29) is 37.8 Å². The summed E-state index contributed by atoms with van der Waals surface area (Å²) in [6, 6.07) is 3.81. The minimum absolute atomic E-state index is 0.0226. The molecule has 4 heterocycles. The van der Waals surface area contributed by atoms with Gasteiger partial charge in [-0.3, -0.25) is 4.79 Å². The van der Waals surface area contributed by atoms with Crippen LogP contribution >= 0.6 is 0 Å². The number of nitrogens with zero attached hydrogens (tertiary/aromatic N) is 5. The molecule has 6 nitrogen and oxygen atoms in total. The Hall–Kier alpha value is -2.38. The van der Waals surface area contributed by atoms with E-state index in [1.54, 1.807) is 11.1 Å². The number of carbonyl (C=O) groups excluding carboxylic acids is 1. The number of halogens is 2. The molecule has 0 aromatic carbocycles. The third-order valence-corrected chi connectivity index (χ3v) is 5.34. The summed E-state index contributed by atoms with van der Waals surface area (Å²) in [5.74, 6) is -1.85. The summed E-state index contributed by atoms with van der Waals surface area (Å²) in [5, 5.41) is 0.901. The largest absolute Gasteiger partial charge is 0.356 e. The average molecular weight is 361 g/mol. The van der Waals surface area contributed by atoms with Gasteiger partial charge in [-0.25, -0.2) is 23.7 Å². The predicted octanol–water partition coefficient (Wildman–Crippen LogP) is 2.50. The van der Waals surface area contributed by atoms with Crippen LogP contribution in [0.2, 0.25) is 0 Å². The maximum Gasteiger partial charge on any atom is 0.251 e. The highest BCUT2D eigenvalue weighted by atomic mass is 19.3. The van der Waals surface area contributed by atoms with Gasteiger partial charge in [0.15, 0.2) is 5.65 Å². The van der Waals surface area contributed by atoms with E-state index in [2.05, 4.69) is 19.9 Å². The van der Waals surface area contributed by atoms with Crippen molar-refractivity contribution in [2.45, 2.75) is 31.6 Å². The first kappa shape index (κ1) is 17.1. The molecule has 138 valence electrons. The van der Waals surface area contributed by atoms with Crippen LogP contribution in [0.5, 0.6) is 0 Å². The Morgan fingerprint density at radius 3 is 2.54 bits per heavy atom. The zero-order valence-corrected chi connectivity index (χ0v) is 14.4. The minimum Gasteiger partial charge on any atom is -0.356 e. The number of likely N-dealkylation sites (tertiary alicyclic amines) is 1. The molecule has 26 heavy (non-hydrogen) atoms. The first-order valence-electron chi connectivity index (χ1n) is 9.01. The standard InChI is InChI=1S/C18H21F2N5O/c19-18(20)5-10-25(11-6-18)17(26)13-3-8-24(9-4-13)16-14-2-1-7-21-15(14)22-12-23-16/h1-2,7,12-13H,3-6,8-11H2. The monoisotopic (exact) mass is 361 g/mol. The van der Waals surface area contributed by atoms with Gasteiger partial charge in [-0.05, 0) is 25.0 Å². The number of hydrogen-bond donors (Lipinski definition) is 0. The van der Waals surface area contributed by atoms with E-state index in [1.165, 1.54) is 6.33 Å².